The summed E-state index contributed by atoms with van der Waals surface area (Å²) < 4.78 is 5.75. The van der Waals surface area contributed by atoms with E-state index in [4.69, 9.17) is 4.74 Å². The van der Waals surface area contributed by atoms with E-state index in [2.05, 4.69) is 42.4 Å². The van der Waals surface area contributed by atoms with Crippen LogP contribution in [0.5, 0.6) is 5.75 Å². The number of piperidine rings is 1. The third kappa shape index (κ3) is 2.77. The highest BCUT2D eigenvalue weighted by Crippen LogP contribution is 2.32. The highest BCUT2D eigenvalue weighted by Gasteiger charge is 2.29. The summed E-state index contributed by atoms with van der Waals surface area (Å²) in [5.41, 5.74) is 1.32. The molecular weight excluding hydrogens is 236 g/mol. The topological polar surface area (TPSA) is 24.5 Å². The van der Waals surface area contributed by atoms with Gasteiger partial charge in [0.1, 0.15) is 12.4 Å². The molecule has 0 bridgehead atoms. The van der Waals surface area contributed by atoms with Crippen molar-refractivity contribution in [2.75, 3.05) is 26.7 Å². The van der Waals surface area contributed by atoms with Crippen LogP contribution in [0.4, 0.5) is 0 Å². The van der Waals surface area contributed by atoms with Gasteiger partial charge < -0.3 is 15.0 Å². The summed E-state index contributed by atoms with van der Waals surface area (Å²) >= 11 is 0. The number of hydrogen-bond acceptors (Lipinski definition) is 3. The van der Waals surface area contributed by atoms with Gasteiger partial charge in [-0.05, 0) is 45.3 Å². The lowest BCUT2D eigenvalue weighted by Gasteiger charge is -2.35. The van der Waals surface area contributed by atoms with Gasteiger partial charge in [0.25, 0.3) is 0 Å². The minimum Gasteiger partial charge on any atom is -0.491 e. The molecule has 1 aromatic carbocycles. The van der Waals surface area contributed by atoms with Gasteiger partial charge in [0.05, 0.1) is 6.04 Å². The van der Waals surface area contributed by atoms with Crippen LogP contribution >= 0.6 is 0 Å². The van der Waals surface area contributed by atoms with Gasteiger partial charge in [0, 0.05) is 18.2 Å². The molecule has 1 fully saturated rings. The molecule has 3 rings (SSSR count). The molecule has 0 aliphatic carbocycles. The molecule has 3 heteroatoms. The van der Waals surface area contributed by atoms with E-state index in [0.29, 0.717) is 12.1 Å². The maximum Gasteiger partial charge on any atom is 0.124 e. The van der Waals surface area contributed by atoms with Gasteiger partial charge in [-0.3, -0.25) is 0 Å². The Kier molecular flexibility index (Phi) is 3.76. The second-order valence-electron chi connectivity index (χ2n) is 6.02. The van der Waals surface area contributed by atoms with Crippen LogP contribution in [0.1, 0.15) is 31.4 Å². The predicted molar refractivity (Wildman–Crippen MR) is 77.5 cm³/mol. The van der Waals surface area contributed by atoms with E-state index in [1.807, 2.05) is 6.07 Å². The first kappa shape index (κ1) is 12.9. The molecule has 104 valence electrons. The van der Waals surface area contributed by atoms with Crippen LogP contribution in [-0.2, 0) is 0 Å². The summed E-state index contributed by atoms with van der Waals surface area (Å²) in [4.78, 5) is 2.45. The summed E-state index contributed by atoms with van der Waals surface area (Å²) in [6.45, 7) is 5.55. The van der Waals surface area contributed by atoms with Crippen molar-refractivity contribution >= 4 is 0 Å². The number of para-hydroxylation sites is 1. The standard InChI is InChI=1S/C16H24N2O/c1-12(13-6-5-9-18(2)10-13)17-15-11-19-16-8-4-3-7-14(15)16/h3-4,7-8,12-13,15,17H,5-6,9-11H2,1-2H3. The molecule has 0 amide bonds. The lowest BCUT2D eigenvalue weighted by atomic mass is 9.91. The van der Waals surface area contributed by atoms with E-state index in [1.54, 1.807) is 0 Å². The minimum atomic E-state index is 0.360. The van der Waals surface area contributed by atoms with Crippen LogP contribution in [0.3, 0.4) is 0 Å². The number of nitrogens with zero attached hydrogens (tertiary/aromatic N) is 1. The van der Waals surface area contributed by atoms with Gasteiger partial charge in [0.15, 0.2) is 0 Å². The quantitative estimate of drug-likeness (QED) is 0.903. The maximum atomic E-state index is 5.75. The Hall–Kier alpha value is -1.06. The van der Waals surface area contributed by atoms with Crippen LogP contribution in [0.2, 0.25) is 0 Å². The van der Waals surface area contributed by atoms with Crippen molar-refractivity contribution in [1.29, 1.82) is 0 Å². The molecule has 1 N–H and O–H groups in total. The largest absolute Gasteiger partial charge is 0.491 e. The smallest absolute Gasteiger partial charge is 0.124 e. The first-order valence-corrected chi connectivity index (χ1v) is 7.40. The lowest BCUT2D eigenvalue weighted by Crippen LogP contribution is -2.44. The molecule has 19 heavy (non-hydrogen) atoms. The van der Waals surface area contributed by atoms with E-state index in [0.717, 1.165) is 18.3 Å². The highest BCUT2D eigenvalue weighted by molar-refractivity contribution is 5.39. The molecule has 2 aliphatic heterocycles. The molecule has 2 aliphatic rings. The Balaban J connectivity index is 1.63. The summed E-state index contributed by atoms with van der Waals surface area (Å²) in [6.07, 6.45) is 2.67. The lowest BCUT2D eigenvalue weighted by molar-refractivity contribution is 0.169. The van der Waals surface area contributed by atoms with Crippen molar-refractivity contribution < 1.29 is 4.74 Å². The summed E-state index contributed by atoms with van der Waals surface area (Å²) in [5, 5.41) is 3.77. The number of hydrogen-bond donors (Lipinski definition) is 1. The van der Waals surface area contributed by atoms with Crippen LogP contribution in [0.25, 0.3) is 0 Å². The number of nitrogens with one attached hydrogen (secondary N) is 1. The Morgan fingerprint density at radius 2 is 2.21 bits per heavy atom. The normalized spacial score (nSPS) is 28.7. The third-order valence-corrected chi connectivity index (χ3v) is 4.53. The summed E-state index contributed by atoms with van der Waals surface area (Å²) in [5.74, 6) is 1.81. The van der Waals surface area contributed by atoms with E-state index < -0.39 is 0 Å². The van der Waals surface area contributed by atoms with E-state index >= 15 is 0 Å². The highest BCUT2D eigenvalue weighted by atomic mass is 16.5. The van der Waals surface area contributed by atoms with Crippen molar-refractivity contribution in [3.8, 4) is 5.75 Å². The predicted octanol–water partition coefficient (Wildman–Crippen LogP) is 2.44. The molecule has 1 aromatic rings. The zero-order valence-corrected chi connectivity index (χ0v) is 11.9. The van der Waals surface area contributed by atoms with Crippen LogP contribution in [0, 0.1) is 5.92 Å². The molecule has 0 aromatic heterocycles. The SMILES string of the molecule is CC(NC1COc2ccccc21)C1CCCN(C)C1. The monoisotopic (exact) mass is 260 g/mol. The van der Waals surface area contributed by atoms with Gasteiger partial charge in [-0.2, -0.15) is 0 Å². The third-order valence-electron chi connectivity index (χ3n) is 4.53. The molecule has 0 radical (unpaired) electrons. The van der Waals surface area contributed by atoms with Gasteiger partial charge >= 0.3 is 0 Å². The Bertz CT molecular complexity index is 435. The molecule has 3 atom stereocenters. The number of fused-ring (bicyclic) bond motifs is 1. The first-order chi connectivity index (χ1) is 9.24. The molecule has 1 saturated heterocycles. The van der Waals surface area contributed by atoms with Gasteiger partial charge in [0.2, 0.25) is 0 Å². The zero-order chi connectivity index (χ0) is 13.2. The summed E-state index contributed by atoms with van der Waals surface area (Å²) in [7, 11) is 2.23. The summed E-state index contributed by atoms with van der Waals surface area (Å²) in [6, 6.07) is 9.29. The number of rotatable bonds is 3. The molecule has 3 unspecified atom stereocenters. The number of likely N-dealkylation sites (tertiary alicyclic amines) is 1. The van der Waals surface area contributed by atoms with Crippen molar-refractivity contribution in [2.45, 2.75) is 31.8 Å². The second-order valence-corrected chi connectivity index (χ2v) is 6.02. The molecule has 0 spiro atoms. The fourth-order valence-electron chi connectivity index (χ4n) is 3.37. The van der Waals surface area contributed by atoms with Crippen molar-refractivity contribution in [1.82, 2.24) is 10.2 Å². The van der Waals surface area contributed by atoms with Crippen LogP contribution in [-0.4, -0.2) is 37.7 Å². The molecule has 2 heterocycles. The second kappa shape index (κ2) is 5.51. The van der Waals surface area contributed by atoms with Crippen molar-refractivity contribution in [3.05, 3.63) is 29.8 Å². The van der Waals surface area contributed by atoms with E-state index in [1.165, 1.54) is 31.5 Å². The number of benzene rings is 1. The fourth-order valence-corrected chi connectivity index (χ4v) is 3.37. The van der Waals surface area contributed by atoms with Crippen LogP contribution in [0.15, 0.2) is 24.3 Å². The van der Waals surface area contributed by atoms with Crippen LogP contribution < -0.4 is 10.1 Å². The Morgan fingerprint density at radius 1 is 1.37 bits per heavy atom. The Labute approximate surface area is 115 Å². The van der Waals surface area contributed by atoms with Gasteiger partial charge in [-0.25, -0.2) is 0 Å². The van der Waals surface area contributed by atoms with Crippen molar-refractivity contribution in [3.63, 3.8) is 0 Å². The first-order valence-electron chi connectivity index (χ1n) is 7.40. The maximum absolute atomic E-state index is 5.75. The molecular formula is C16H24N2O. The van der Waals surface area contributed by atoms with Gasteiger partial charge in [-0.1, -0.05) is 18.2 Å². The average Bonchev–Trinajstić information content (AvgIpc) is 2.82. The van der Waals surface area contributed by atoms with Crippen molar-refractivity contribution in [2.24, 2.45) is 5.92 Å². The van der Waals surface area contributed by atoms with E-state index in [-0.39, 0.29) is 0 Å². The van der Waals surface area contributed by atoms with E-state index in [9.17, 15) is 0 Å². The minimum absolute atomic E-state index is 0.360. The zero-order valence-electron chi connectivity index (χ0n) is 11.9. The Morgan fingerprint density at radius 3 is 3.05 bits per heavy atom. The van der Waals surface area contributed by atoms with Gasteiger partial charge in [-0.15, -0.1) is 0 Å². The fraction of sp³-hybridized carbons (Fsp3) is 0.625. The number of ether oxygens (including phenoxy) is 1. The molecule has 3 nitrogen and oxygen atoms in total. The molecule has 0 saturated carbocycles. The average molecular weight is 260 g/mol.